The van der Waals surface area contributed by atoms with E-state index in [2.05, 4.69) is 0 Å². The first-order valence-electron chi connectivity index (χ1n) is 10.3. The average Bonchev–Trinajstić information content (AvgIpc) is 3.26. The van der Waals surface area contributed by atoms with Gasteiger partial charge in [-0.25, -0.2) is 14.4 Å². The molecular weight excluding hydrogens is 431 g/mol. The number of rotatable bonds is 3. The van der Waals surface area contributed by atoms with Gasteiger partial charge in [0.05, 0.1) is 11.4 Å². The van der Waals surface area contributed by atoms with Gasteiger partial charge in [0.2, 0.25) is 5.91 Å². The molecule has 0 spiro atoms. The fourth-order valence-electron chi connectivity index (χ4n) is 4.59. The van der Waals surface area contributed by atoms with Crippen molar-refractivity contribution in [2.75, 3.05) is 9.96 Å². The Bertz CT molecular complexity index is 1210. The first kappa shape index (κ1) is 20.7. The maximum atomic E-state index is 15.0. The molecular formula is C25H20ClFN2O3. The van der Waals surface area contributed by atoms with E-state index in [1.807, 2.05) is 32.0 Å². The van der Waals surface area contributed by atoms with E-state index >= 15 is 4.39 Å². The number of hydrogen-bond donors (Lipinski definition) is 0. The number of aryl methyl sites for hydroxylation is 2. The van der Waals surface area contributed by atoms with E-state index < -0.39 is 35.7 Å². The molecule has 0 unspecified atom stereocenters. The van der Waals surface area contributed by atoms with Gasteiger partial charge in [0.25, 0.3) is 5.91 Å². The van der Waals surface area contributed by atoms with E-state index in [4.69, 9.17) is 16.4 Å². The van der Waals surface area contributed by atoms with Crippen LogP contribution < -0.4 is 9.96 Å². The number of halogens is 2. The SMILES string of the molecule is Cc1ccc(N2C(=O)[C@H]3[C@@H](ON(c4ccccc4)[C@H]3c3c(F)cccc3Cl)C2=O)c(C)c1. The molecule has 2 saturated heterocycles. The Morgan fingerprint density at radius 3 is 2.38 bits per heavy atom. The van der Waals surface area contributed by atoms with Gasteiger partial charge < -0.3 is 0 Å². The zero-order valence-electron chi connectivity index (χ0n) is 17.5. The molecule has 2 heterocycles. The number of hydroxylamine groups is 1. The van der Waals surface area contributed by atoms with Crippen LogP contribution in [0.4, 0.5) is 15.8 Å². The maximum absolute atomic E-state index is 15.0. The minimum Gasteiger partial charge on any atom is -0.273 e. The summed E-state index contributed by atoms with van der Waals surface area (Å²) < 4.78 is 15.0. The number of para-hydroxylation sites is 1. The van der Waals surface area contributed by atoms with Crippen LogP contribution in [0.3, 0.4) is 0 Å². The zero-order valence-corrected chi connectivity index (χ0v) is 18.2. The lowest BCUT2D eigenvalue weighted by atomic mass is 9.90. The molecule has 7 heteroatoms. The Morgan fingerprint density at radius 2 is 1.69 bits per heavy atom. The van der Waals surface area contributed by atoms with Crippen molar-refractivity contribution in [2.45, 2.75) is 26.0 Å². The normalized spacial score (nSPS) is 22.6. The molecule has 3 atom stereocenters. The lowest BCUT2D eigenvalue weighted by molar-refractivity contribution is -0.126. The molecule has 0 aliphatic carbocycles. The quantitative estimate of drug-likeness (QED) is 0.518. The predicted molar refractivity (Wildman–Crippen MR) is 120 cm³/mol. The Morgan fingerprint density at radius 1 is 0.938 bits per heavy atom. The second-order valence-corrected chi connectivity index (χ2v) is 8.50. The average molecular weight is 451 g/mol. The first-order valence-corrected chi connectivity index (χ1v) is 10.7. The van der Waals surface area contributed by atoms with E-state index in [0.717, 1.165) is 16.0 Å². The maximum Gasteiger partial charge on any atom is 0.266 e. The van der Waals surface area contributed by atoms with Crippen molar-refractivity contribution in [3.63, 3.8) is 0 Å². The molecule has 0 N–H and O–H groups in total. The van der Waals surface area contributed by atoms with Gasteiger partial charge in [-0.15, -0.1) is 0 Å². The molecule has 162 valence electrons. The summed E-state index contributed by atoms with van der Waals surface area (Å²) >= 11 is 6.40. The number of hydrogen-bond acceptors (Lipinski definition) is 4. The van der Waals surface area contributed by atoms with Crippen molar-refractivity contribution in [1.82, 2.24) is 0 Å². The summed E-state index contributed by atoms with van der Waals surface area (Å²) in [5.41, 5.74) is 3.06. The van der Waals surface area contributed by atoms with E-state index in [-0.39, 0.29) is 10.6 Å². The number of carbonyl (C=O) groups excluding carboxylic acids is 2. The lowest BCUT2D eigenvalue weighted by Gasteiger charge is -2.29. The molecule has 2 fully saturated rings. The van der Waals surface area contributed by atoms with Crippen molar-refractivity contribution in [1.29, 1.82) is 0 Å². The molecule has 0 radical (unpaired) electrons. The van der Waals surface area contributed by atoms with Crippen molar-refractivity contribution in [3.8, 4) is 0 Å². The summed E-state index contributed by atoms with van der Waals surface area (Å²) in [5.74, 6) is -2.41. The monoisotopic (exact) mass is 450 g/mol. The van der Waals surface area contributed by atoms with Gasteiger partial charge in [0, 0.05) is 10.6 Å². The van der Waals surface area contributed by atoms with Crippen LogP contribution >= 0.6 is 11.6 Å². The molecule has 2 amide bonds. The summed E-state index contributed by atoms with van der Waals surface area (Å²) in [6.07, 6.45) is -1.08. The number of imide groups is 1. The highest BCUT2D eigenvalue weighted by Crippen LogP contribution is 2.49. The van der Waals surface area contributed by atoms with Crippen molar-refractivity contribution < 1.29 is 18.8 Å². The van der Waals surface area contributed by atoms with E-state index in [1.165, 1.54) is 17.2 Å². The summed E-state index contributed by atoms with van der Waals surface area (Å²) in [5, 5.41) is 1.61. The molecule has 0 bridgehead atoms. The van der Waals surface area contributed by atoms with Gasteiger partial charge in [0.15, 0.2) is 6.10 Å². The summed E-state index contributed by atoms with van der Waals surface area (Å²) in [4.78, 5) is 34.2. The Kier molecular flexibility index (Phi) is 4.99. The minimum absolute atomic E-state index is 0.133. The number of amides is 2. The summed E-state index contributed by atoms with van der Waals surface area (Å²) in [6, 6.07) is 18.0. The van der Waals surface area contributed by atoms with Gasteiger partial charge in [-0.2, -0.15) is 0 Å². The first-order chi connectivity index (χ1) is 15.4. The van der Waals surface area contributed by atoms with Crippen LogP contribution in [0.1, 0.15) is 22.7 Å². The standard InChI is InChI=1S/C25H20ClFN2O3/c1-14-11-12-19(15(2)13-14)28-24(30)21-22(20-17(26)9-6-10-18(20)27)29(32-23(21)25(28)31)16-7-4-3-5-8-16/h3-13,21-23H,1-2H3/t21-,22+,23-/m1/s1. The van der Waals surface area contributed by atoms with Crippen LogP contribution in [0.25, 0.3) is 0 Å². The van der Waals surface area contributed by atoms with Crippen LogP contribution in [-0.4, -0.2) is 17.9 Å². The van der Waals surface area contributed by atoms with Crippen molar-refractivity contribution in [2.24, 2.45) is 5.92 Å². The van der Waals surface area contributed by atoms with Crippen molar-refractivity contribution >= 4 is 34.8 Å². The molecule has 2 aliphatic heterocycles. The number of fused-ring (bicyclic) bond motifs is 1. The summed E-state index contributed by atoms with van der Waals surface area (Å²) in [7, 11) is 0. The van der Waals surface area contributed by atoms with Gasteiger partial charge in [-0.1, -0.05) is 53.6 Å². The van der Waals surface area contributed by atoms with Crippen LogP contribution in [-0.2, 0) is 14.4 Å². The fourth-order valence-corrected chi connectivity index (χ4v) is 4.87. The van der Waals surface area contributed by atoms with E-state index in [0.29, 0.717) is 11.4 Å². The molecule has 3 aromatic rings. The van der Waals surface area contributed by atoms with Crippen molar-refractivity contribution in [3.05, 3.63) is 94.3 Å². The second kappa shape index (κ2) is 7.73. The van der Waals surface area contributed by atoms with Gasteiger partial charge in [-0.05, 0) is 49.7 Å². The fraction of sp³-hybridized carbons (Fsp3) is 0.200. The van der Waals surface area contributed by atoms with Crippen LogP contribution in [0, 0.1) is 25.6 Å². The Hall–Kier alpha value is -3.22. The Balaban J connectivity index is 1.64. The third-order valence-electron chi connectivity index (χ3n) is 6.01. The highest BCUT2D eigenvalue weighted by molar-refractivity contribution is 6.31. The molecule has 32 heavy (non-hydrogen) atoms. The molecule has 5 nitrogen and oxygen atoms in total. The molecule has 0 aromatic heterocycles. The lowest BCUT2D eigenvalue weighted by Crippen LogP contribution is -2.38. The zero-order chi connectivity index (χ0) is 22.6. The molecule has 5 rings (SSSR count). The van der Waals surface area contributed by atoms with Crippen LogP contribution in [0.2, 0.25) is 5.02 Å². The van der Waals surface area contributed by atoms with Gasteiger partial charge in [0.1, 0.15) is 17.8 Å². The largest absolute Gasteiger partial charge is 0.273 e. The highest BCUT2D eigenvalue weighted by Gasteiger charge is 2.61. The van der Waals surface area contributed by atoms with E-state index in [1.54, 1.807) is 36.4 Å². The minimum atomic E-state index is -1.08. The number of anilines is 2. The molecule has 3 aromatic carbocycles. The Labute approximate surface area is 189 Å². The molecule has 0 saturated carbocycles. The smallest absolute Gasteiger partial charge is 0.266 e. The summed E-state index contributed by atoms with van der Waals surface area (Å²) in [6.45, 7) is 3.79. The topological polar surface area (TPSA) is 49.9 Å². The van der Waals surface area contributed by atoms with Gasteiger partial charge >= 0.3 is 0 Å². The van der Waals surface area contributed by atoms with Crippen LogP contribution in [0.15, 0.2) is 66.7 Å². The predicted octanol–water partition coefficient (Wildman–Crippen LogP) is 5.15. The van der Waals surface area contributed by atoms with E-state index in [9.17, 15) is 9.59 Å². The third kappa shape index (κ3) is 3.10. The second-order valence-electron chi connectivity index (χ2n) is 8.10. The highest BCUT2D eigenvalue weighted by atomic mass is 35.5. The number of carbonyl (C=O) groups is 2. The number of nitrogens with zero attached hydrogens (tertiary/aromatic N) is 2. The number of benzene rings is 3. The van der Waals surface area contributed by atoms with Gasteiger partial charge in [-0.3, -0.25) is 14.4 Å². The molecule has 2 aliphatic rings. The third-order valence-corrected chi connectivity index (χ3v) is 6.34. The van der Waals surface area contributed by atoms with Crippen LogP contribution in [0.5, 0.6) is 0 Å².